The van der Waals surface area contributed by atoms with Crippen LogP contribution in [0.5, 0.6) is 0 Å². The number of hydrogen-bond donors (Lipinski definition) is 5. The molecule has 1 aliphatic rings. The highest BCUT2D eigenvalue weighted by Crippen LogP contribution is 2.32. The first-order chi connectivity index (χ1) is 13.0. The maximum atomic E-state index is 10.3. The maximum absolute atomic E-state index is 10.3. The van der Waals surface area contributed by atoms with Crippen molar-refractivity contribution in [1.82, 2.24) is 19.5 Å². The quantitative estimate of drug-likeness (QED) is 0.307. The van der Waals surface area contributed by atoms with Crippen molar-refractivity contribution in [1.29, 1.82) is 0 Å². The number of fused-ring (bicyclic) bond motifs is 1. The van der Waals surface area contributed by atoms with Gasteiger partial charge in [0.15, 0.2) is 23.2 Å². The summed E-state index contributed by atoms with van der Waals surface area (Å²) in [6, 6.07) is 0. The Morgan fingerprint density at radius 2 is 2.15 bits per heavy atom. The van der Waals surface area contributed by atoms with Gasteiger partial charge in [0.1, 0.15) is 18.3 Å². The van der Waals surface area contributed by atoms with Crippen LogP contribution in [-0.4, -0.2) is 78.1 Å². The molecule has 0 saturated carbocycles. The van der Waals surface area contributed by atoms with Gasteiger partial charge in [-0.2, -0.15) is 4.98 Å². The lowest BCUT2D eigenvalue weighted by Gasteiger charge is -2.16. The summed E-state index contributed by atoms with van der Waals surface area (Å²) in [5.74, 6) is 5.93. The van der Waals surface area contributed by atoms with Crippen molar-refractivity contribution in [2.24, 2.45) is 0 Å². The lowest BCUT2D eigenvalue weighted by Crippen LogP contribution is -2.33. The van der Waals surface area contributed by atoms with E-state index in [1.54, 1.807) is 6.92 Å². The summed E-state index contributed by atoms with van der Waals surface area (Å²) in [5.41, 5.74) is 3.23. The lowest BCUT2D eigenvalue weighted by molar-refractivity contribution is -0.0511. The lowest BCUT2D eigenvalue weighted by atomic mass is 10.1. The number of hydrogen-bond acceptors (Lipinski definition) is 10. The molecule has 11 heteroatoms. The van der Waals surface area contributed by atoms with E-state index in [1.807, 2.05) is 0 Å². The Morgan fingerprint density at radius 1 is 1.37 bits per heavy atom. The molecule has 11 nitrogen and oxygen atoms in total. The fourth-order valence-electron chi connectivity index (χ4n) is 2.71. The van der Waals surface area contributed by atoms with Gasteiger partial charge in [-0.1, -0.05) is 5.92 Å². The van der Waals surface area contributed by atoms with E-state index in [0.29, 0.717) is 11.2 Å². The van der Waals surface area contributed by atoms with Gasteiger partial charge in [0, 0.05) is 6.42 Å². The third kappa shape index (κ3) is 3.86. The topological polar surface area (TPSA) is 155 Å². The van der Waals surface area contributed by atoms with Gasteiger partial charge in [-0.25, -0.2) is 15.4 Å². The molecule has 5 unspecified atom stereocenters. The first-order valence-electron chi connectivity index (χ1n) is 8.29. The van der Waals surface area contributed by atoms with Crippen molar-refractivity contribution in [2.75, 3.05) is 19.2 Å². The second-order valence-corrected chi connectivity index (χ2v) is 6.11. The number of imidazole rings is 1. The molecule has 27 heavy (non-hydrogen) atoms. The van der Waals surface area contributed by atoms with Crippen molar-refractivity contribution >= 4 is 17.0 Å². The third-order valence-electron chi connectivity index (χ3n) is 4.01. The van der Waals surface area contributed by atoms with E-state index in [4.69, 9.17) is 9.57 Å². The van der Waals surface area contributed by atoms with E-state index in [1.165, 1.54) is 18.0 Å². The number of aliphatic hydroxyl groups is 4. The van der Waals surface area contributed by atoms with Crippen LogP contribution in [0.15, 0.2) is 6.33 Å². The van der Waals surface area contributed by atoms with Crippen LogP contribution < -0.4 is 5.48 Å². The maximum Gasteiger partial charge on any atom is 0.209 e. The number of anilines is 1. The van der Waals surface area contributed by atoms with Crippen molar-refractivity contribution in [3.8, 4) is 11.8 Å². The molecule has 0 bridgehead atoms. The van der Waals surface area contributed by atoms with Gasteiger partial charge in [0.25, 0.3) is 0 Å². The normalized spacial score (nSPS) is 26.0. The fourth-order valence-corrected chi connectivity index (χ4v) is 2.71. The molecule has 3 rings (SSSR count). The molecule has 2 aromatic heterocycles. The highest BCUT2D eigenvalue weighted by atomic mass is 16.6. The van der Waals surface area contributed by atoms with Gasteiger partial charge in [-0.3, -0.25) is 9.40 Å². The van der Waals surface area contributed by atoms with E-state index >= 15 is 0 Å². The Hall–Kier alpha value is -2.33. The first kappa shape index (κ1) is 19.4. The molecule has 1 saturated heterocycles. The molecule has 0 aliphatic carbocycles. The van der Waals surface area contributed by atoms with Crippen LogP contribution in [0.25, 0.3) is 11.2 Å². The fraction of sp³-hybridized carbons (Fsp3) is 0.562. The van der Waals surface area contributed by atoms with E-state index in [0.717, 1.165) is 0 Å². The van der Waals surface area contributed by atoms with Crippen molar-refractivity contribution in [3.05, 3.63) is 12.2 Å². The standard InChI is InChI=1S/C16H21N5O6/c1-8(23)4-3-5-10-18-14(20-26-2)11-15(19-10)21(7-17-11)16-13(25)12(24)9(6-22)27-16/h7-9,12-13,16,22-25H,4,6H2,1-2H3,(H,18,19,20). The second kappa shape index (κ2) is 8.13. The first-order valence-corrected chi connectivity index (χ1v) is 8.29. The number of aromatic nitrogens is 4. The molecule has 0 spiro atoms. The van der Waals surface area contributed by atoms with Crippen LogP contribution in [0.3, 0.4) is 0 Å². The molecular weight excluding hydrogens is 358 g/mol. The summed E-state index contributed by atoms with van der Waals surface area (Å²) in [7, 11) is 1.41. The van der Waals surface area contributed by atoms with E-state index in [9.17, 15) is 20.4 Å². The van der Waals surface area contributed by atoms with Crippen molar-refractivity contribution < 1.29 is 30.0 Å². The van der Waals surface area contributed by atoms with Gasteiger partial charge in [-0.05, 0) is 12.8 Å². The number of aliphatic hydroxyl groups excluding tert-OH is 4. The van der Waals surface area contributed by atoms with Gasteiger partial charge in [-0.15, -0.1) is 0 Å². The number of rotatable bonds is 5. The molecule has 3 heterocycles. The minimum atomic E-state index is -1.28. The monoisotopic (exact) mass is 379 g/mol. The minimum absolute atomic E-state index is 0.149. The zero-order valence-electron chi connectivity index (χ0n) is 14.8. The Morgan fingerprint density at radius 3 is 2.78 bits per heavy atom. The number of nitrogens with zero attached hydrogens (tertiary/aromatic N) is 4. The highest BCUT2D eigenvalue weighted by Gasteiger charge is 2.44. The summed E-state index contributed by atoms with van der Waals surface area (Å²) in [5, 5.41) is 38.8. The highest BCUT2D eigenvalue weighted by molar-refractivity contribution is 5.83. The molecule has 2 aromatic rings. The molecule has 5 N–H and O–H groups in total. The summed E-state index contributed by atoms with van der Waals surface area (Å²) in [6.07, 6.45) is -3.39. The van der Waals surface area contributed by atoms with Crippen LogP contribution in [0.4, 0.5) is 5.82 Å². The predicted molar refractivity (Wildman–Crippen MR) is 92.1 cm³/mol. The molecule has 5 atom stereocenters. The van der Waals surface area contributed by atoms with Gasteiger partial charge >= 0.3 is 0 Å². The summed E-state index contributed by atoms with van der Waals surface area (Å²) < 4.78 is 6.96. The Balaban J connectivity index is 2.04. The Kier molecular flexibility index (Phi) is 5.85. The molecule has 146 valence electrons. The van der Waals surface area contributed by atoms with Crippen LogP contribution in [0, 0.1) is 11.8 Å². The van der Waals surface area contributed by atoms with E-state index < -0.39 is 37.3 Å². The minimum Gasteiger partial charge on any atom is -0.394 e. The third-order valence-corrected chi connectivity index (χ3v) is 4.01. The van der Waals surface area contributed by atoms with Crippen LogP contribution >= 0.6 is 0 Å². The zero-order chi connectivity index (χ0) is 19.6. The molecule has 1 aliphatic heterocycles. The van der Waals surface area contributed by atoms with Gasteiger partial charge < -0.3 is 25.2 Å². The van der Waals surface area contributed by atoms with E-state index in [-0.39, 0.29) is 18.1 Å². The van der Waals surface area contributed by atoms with Crippen molar-refractivity contribution in [2.45, 2.75) is 44.0 Å². The summed E-state index contributed by atoms with van der Waals surface area (Å²) in [4.78, 5) is 17.7. The van der Waals surface area contributed by atoms with E-state index in [2.05, 4.69) is 32.3 Å². The van der Waals surface area contributed by atoms with Crippen molar-refractivity contribution in [3.63, 3.8) is 0 Å². The SMILES string of the molecule is CONc1nc(C#CCC(C)O)nc2c1ncn2C1OC(CO)C(O)C1O. The molecule has 0 radical (unpaired) electrons. The smallest absolute Gasteiger partial charge is 0.209 e. The molecule has 0 amide bonds. The average molecular weight is 379 g/mol. The Labute approximate surface area is 154 Å². The molecule has 0 aromatic carbocycles. The Bertz CT molecular complexity index is 860. The summed E-state index contributed by atoms with van der Waals surface area (Å²) in [6.45, 7) is 1.18. The van der Waals surface area contributed by atoms with Crippen LogP contribution in [0.2, 0.25) is 0 Å². The zero-order valence-corrected chi connectivity index (χ0v) is 14.8. The molecule has 1 fully saturated rings. The second-order valence-electron chi connectivity index (χ2n) is 6.11. The average Bonchev–Trinajstić information content (AvgIpc) is 3.17. The summed E-state index contributed by atoms with van der Waals surface area (Å²) >= 11 is 0. The van der Waals surface area contributed by atoms with Crippen LogP contribution in [-0.2, 0) is 9.57 Å². The van der Waals surface area contributed by atoms with Crippen LogP contribution in [0.1, 0.15) is 25.4 Å². The largest absolute Gasteiger partial charge is 0.394 e. The predicted octanol–water partition coefficient (Wildman–Crippen LogP) is -1.47. The number of ether oxygens (including phenoxy) is 1. The van der Waals surface area contributed by atoms with Gasteiger partial charge in [0.05, 0.1) is 26.1 Å². The molecular formula is C16H21N5O6. The van der Waals surface area contributed by atoms with Gasteiger partial charge in [0.2, 0.25) is 5.82 Å². The number of nitrogens with one attached hydrogen (secondary N) is 1.